The Labute approximate surface area is 127 Å². The lowest BCUT2D eigenvalue weighted by atomic mass is 10.2. The van der Waals surface area contributed by atoms with Crippen molar-refractivity contribution in [3.05, 3.63) is 45.5 Å². The minimum Gasteiger partial charge on any atom is -0.437 e. The molecule has 1 aromatic carbocycles. The van der Waals surface area contributed by atoms with E-state index in [0.29, 0.717) is 11.8 Å². The second-order valence-corrected chi connectivity index (χ2v) is 6.06. The van der Waals surface area contributed by atoms with Gasteiger partial charge in [-0.3, -0.25) is 4.40 Å². The van der Waals surface area contributed by atoms with Crippen LogP contribution in [-0.4, -0.2) is 9.38 Å². The molecule has 0 bridgehead atoms. The Bertz CT molecular complexity index is 737. The van der Waals surface area contributed by atoms with Crippen LogP contribution in [0.4, 0.5) is 0 Å². The second kappa shape index (κ2) is 5.15. The van der Waals surface area contributed by atoms with Gasteiger partial charge in [-0.25, -0.2) is 0 Å². The van der Waals surface area contributed by atoms with Crippen LogP contribution in [0.2, 0.25) is 0 Å². The molecule has 0 aliphatic carbocycles. The van der Waals surface area contributed by atoms with Crippen LogP contribution >= 0.6 is 38.9 Å². The van der Waals surface area contributed by atoms with Gasteiger partial charge in [0.2, 0.25) is 5.88 Å². The normalized spacial score (nSPS) is 11.1. The Balaban J connectivity index is 2.00. The van der Waals surface area contributed by atoms with E-state index in [2.05, 4.69) is 20.9 Å². The zero-order valence-electron chi connectivity index (χ0n) is 10.1. The molecule has 19 heavy (non-hydrogen) atoms. The Kier molecular flexibility index (Phi) is 3.52. The van der Waals surface area contributed by atoms with Gasteiger partial charge in [0.25, 0.3) is 0 Å². The summed E-state index contributed by atoms with van der Waals surface area (Å²) in [6.07, 6.45) is 1.95. The summed E-state index contributed by atoms with van der Waals surface area (Å²) < 4.78 is 8.86. The third-order valence-electron chi connectivity index (χ3n) is 2.79. The highest BCUT2D eigenvalue weighted by Gasteiger charge is 2.14. The Morgan fingerprint density at radius 3 is 3.05 bits per heavy atom. The van der Waals surface area contributed by atoms with Gasteiger partial charge in [0.1, 0.15) is 11.4 Å². The molecule has 0 amide bonds. The molecule has 3 aromatic rings. The highest BCUT2D eigenvalue weighted by atomic mass is 79.9. The molecule has 6 heteroatoms. The van der Waals surface area contributed by atoms with Crippen molar-refractivity contribution < 1.29 is 4.74 Å². The van der Waals surface area contributed by atoms with E-state index in [0.717, 1.165) is 26.4 Å². The molecule has 0 saturated carbocycles. The molecule has 3 nitrogen and oxygen atoms in total. The van der Waals surface area contributed by atoms with Gasteiger partial charge in [-0.05, 0) is 30.7 Å². The summed E-state index contributed by atoms with van der Waals surface area (Å²) in [5, 5.41) is 1.98. The third kappa shape index (κ3) is 2.38. The monoisotopic (exact) mass is 356 g/mol. The molecule has 0 aliphatic heterocycles. The minimum atomic E-state index is 0.364. The van der Waals surface area contributed by atoms with E-state index in [1.807, 2.05) is 41.1 Å². The molecular weight excluding hydrogens is 348 g/mol. The topological polar surface area (TPSA) is 26.5 Å². The summed E-state index contributed by atoms with van der Waals surface area (Å²) >= 11 is 11.0. The minimum absolute atomic E-state index is 0.364. The summed E-state index contributed by atoms with van der Waals surface area (Å²) in [5.74, 6) is 1.70. The molecule has 0 spiro atoms. The summed E-state index contributed by atoms with van der Waals surface area (Å²) in [4.78, 5) is 5.34. The molecule has 2 heterocycles. The van der Waals surface area contributed by atoms with E-state index < -0.39 is 0 Å². The molecule has 98 valence electrons. The first-order valence-corrected chi connectivity index (χ1v) is 7.84. The van der Waals surface area contributed by atoms with Crippen LogP contribution in [0.25, 0.3) is 4.96 Å². The summed E-state index contributed by atoms with van der Waals surface area (Å²) in [5.41, 5.74) is 1.99. The molecule has 0 radical (unpaired) electrons. The second-order valence-electron chi connectivity index (χ2n) is 4.07. The Morgan fingerprint density at radius 2 is 2.32 bits per heavy atom. The average Bonchev–Trinajstić information content (AvgIpc) is 2.94. The van der Waals surface area contributed by atoms with Crippen molar-refractivity contribution in [3.63, 3.8) is 0 Å². The zero-order valence-corrected chi connectivity index (χ0v) is 13.2. The largest absolute Gasteiger partial charge is 0.437 e. The summed E-state index contributed by atoms with van der Waals surface area (Å²) in [6, 6.07) is 5.83. The molecule has 3 rings (SSSR count). The first-order valence-electron chi connectivity index (χ1n) is 5.63. The number of rotatable bonds is 3. The molecule has 0 saturated heterocycles. The van der Waals surface area contributed by atoms with Crippen molar-refractivity contribution in [2.24, 2.45) is 0 Å². The maximum atomic E-state index is 5.99. The highest BCUT2D eigenvalue weighted by molar-refractivity contribution is 9.10. The third-order valence-corrected chi connectivity index (χ3v) is 4.69. The van der Waals surface area contributed by atoms with Crippen LogP contribution in [0, 0.1) is 6.92 Å². The van der Waals surface area contributed by atoms with Gasteiger partial charge in [0.05, 0.1) is 5.88 Å². The first-order chi connectivity index (χ1) is 9.19. The summed E-state index contributed by atoms with van der Waals surface area (Å²) in [6.45, 7) is 2.02. The molecule has 0 fully saturated rings. The van der Waals surface area contributed by atoms with Crippen LogP contribution < -0.4 is 4.74 Å². The maximum absolute atomic E-state index is 5.99. The smallest absolute Gasteiger partial charge is 0.243 e. The van der Waals surface area contributed by atoms with Crippen LogP contribution in [0.15, 0.2) is 34.2 Å². The SMILES string of the molecule is Cc1cc(Oc2nc3sccn3c2CCl)ccc1Br. The fraction of sp³-hybridized carbons (Fsp3) is 0.154. The number of nitrogens with zero attached hydrogens (tertiary/aromatic N) is 2. The first kappa shape index (κ1) is 13.0. The Morgan fingerprint density at radius 1 is 1.47 bits per heavy atom. The number of halogens is 2. The molecular formula is C13H10BrClN2OS. The lowest BCUT2D eigenvalue weighted by Gasteiger charge is -2.06. The zero-order chi connectivity index (χ0) is 13.4. The lowest BCUT2D eigenvalue weighted by Crippen LogP contribution is -1.91. The van der Waals surface area contributed by atoms with Crippen molar-refractivity contribution in [1.82, 2.24) is 9.38 Å². The van der Waals surface area contributed by atoms with Crippen molar-refractivity contribution >= 4 is 43.8 Å². The van der Waals surface area contributed by atoms with Crippen LogP contribution in [0.3, 0.4) is 0 Å². The number of hydrogen-bond acceptors (Lipinski definition) is 3. The maximum Gasteiger partial charge on any atom is 0.243 e. The number of ether oxygens (including phenoxy) is 1. The number of imidazole rings is 1. The predicted molar refractivity (Wildman–Crippen MR) is 81.6 cm³/mol. The van der Waals surface area contributed by atoms with Crippen LogP contribution in [0.5, 0.6) is 11.6 Å². The average molecular weight is 358 g/mol. The number of hydrogen-bond donors (Lipinski definition) is 0. The van der Waals surface area contributed by atoms with Crippen LogP contribution in [-0.2, 0) is 5.88 Å². The van der Waals surface area contributed by atoms with Gasteiger partial charge in [0, 0.05) is 16.0 Å². The van der Waals surface area contributed by atoms with Gasteiger partial charge < -0.3 is 4.74 Å². The Hall–Kier alpha value is -1.04. The van der Waals surface area contributed by atoms with E-state index in [1.165, 1.54) is 0 Å². The van der Waals surface area contributed by atoms with E-state index in [9.17, 15) is 0 Å². The molecule has 0 unspecified atom stereocenters. The van der Waals surface area contributed by atoms with Crippen LogP contribution in [0.1, 0.15) is 11.3 Å². The van der Waals surface area contributed by atoms with Gasteiger partial charge in [-0.2, -0.15) is 4.98 Å². The molecule has 0 atom stereocenters. The predicted octanol–water partition coefficient (Wildman–Crippen LogP) is 5.00. The molecule has 0 N–H and O–H groups in total. The number of benzene rings is 1. The fourth-order valence-corrected chi connectivity index (χ4v) is 3.02. The van der Waals surface area contributed by atoms with E-state index in [1.54, 1.807) is 11.3 Å². The van der Waals surface area contributed by atoms with E-state index in [-0.39, 0.29) is 0 Å². The quantitative estimate of drug-likeness (QED) is 0.617. The van der Waals surface area contributed by atoms with Crippen molar-refractivity contribution in [3.8, 4) is 11.6 Å². The highest BCUT2D eigenvalue weighted by Crippen LogP contribution is 2.30. The van der Waals surface area contributed by atoms with Crippen molar-refractivity contribution in [1.29, 1.82) is 0 Å². The van der Waals surface area contributed by atoms with Gasteiger partial charge >= 0.3 is 0 Å². The summed E-state index contributed by atoms with van der Waals surface area (Å²) in [7, 11) is 0. The number of thiazole rings is 1. The van der Waals surface area contributed by atoms with E-state index >= 15 is 0 Å². The lowest BCUT2D eigenvalue weighted by molar-refractivity contribution is 0.461. The molecule has 0 aliphatic rings. The van der Waals surface area contributed by atoms with Crippen molar-refractivity contribution in [2.75, 3.05) is 0 Å². The standard InChI is InChI=1S/C13H10BrClN2OS/c1-8-6-9(2-3-10(8)14)18-12-11(7-15)17-4-5-19-13(17)16-12/h2-6H,7H2,1H3. The van der Waals surface area contributed by atoms with Gasteiger partial charge in [-0.15, -0.1) is 22.9 Å². The van der Waals surface area contributed by atoms with E-state index in [4.69, 9.17) is 16.3 Å². The van der Waals surface area contributed by atoms with Gasteiger partial charge in [0.15, 0.2) is 4.96 Å². The number of alkyl halides is 1. The number of aryl methyl sites for hydroxylation is 1. The fourth-order valence-electron chi connectivity index (χ4n) is 1.81. The molecule has 2 aromatic heterocycles. The number of aromatic nitrogens is 2. The van der Waals surface area contributed by atoms with Crippen molar-refractivity contribution in [2.45, 2.75) is 12.8 Å². The van der Waals surface area contributed by atoms with Gasteiger partial charge in [-0.1, -0.05) is 15.9 Å². The number of fused-ring (bicyclic) bond motifs is 1.